The smallest absolute Gasteiger partial charge is 0.251 e. The quantitative estimate of drug-likeness (QED) is 0.489. The van der Waals surface area contributed by atoms with Gasteiger partial charge in [0, 0.05) is 16.2 Å². The third-order valence-corrected chi connectivity index (χ3v) is 7.16. The molecule has 1 aromatic heterocycles. The summed E-state index contributed by atoms with van der Waals surface area (Å²) in [5, 5.41) is 3.56. The molecular formula is C21H26N2O3S2. The van der Waals surface area contributed by atoms with Gasteiger partial charge in [-0.05, 0) is 67.2 Å². The minimum absolute atomic E-state index is 0.0653. The SMILES string of the molecule is COc1ccc(SCCCC(=O)Nc2sc3c(c2C(N)=O)CCC(C)C3)cc1. The summed E-state index contributed by atoms with van der Waals surface area (Å²) in [6, 6.07) is 7.89. The molecule has 1 aliphatic carbocycles. The van der Waals surface area contributed by atoms with E-state index < -0.39 is 5.91 Å². The molecule has 0 radical (unpaired) electrons. The fourth-order valence-corrected chi connectivity index (χ4v) is 5.67. The molecule has 0 saturated carbocycles. The fourth-order valence-electron chi connectivity index (χ4n) is 3.38. The maximum Gasteiger partial charge on any atom is 0.251 e. The van der Waals surface area contributed by atoms with Crippen LogP contribution in [0.25, 0.3) is 0 Å². The molecule has 1 aliphatic rings. The van der Waals surface area contributed by atoms with E-state index in [9.17, 15) is 9.59 Å². The van der Waals surface area contributed by atoms with E-state index in [1.807, 2.05) is 24.3 Å². The third-order valence-electron chi connectivity index (χ3n) is 4.89. The van der Waals surface area contributed by atoms with E-state index in [1.54, 1.807) is 18.9 Å². The molecule has 3 rings (SSSR count). The van der Waals surface area contributed by atoms with Crippen LogP contribution >= 0.6 is 23.1 Å². The summed E-state index contributed by atoms with van der Waals surface area (Å²) in [6.07, 6.45) is 4.05. The first kappa shape index (κ1) is 20.7. The van der Waals surface area contributed by atoms with Crippen LogP contribution in [0.4, 0.5) is 5.00 Å². The number of benzene rings is 1. The minimum Gasteiger partial charge on any atom is -0.497 e. The lowest BCUT2D eigenvalue weighted by Gasteiger charge is -2.18. The third kappa shape index (κ3) is 5.08. The highest BCUT2D eigenvalue weighted by Gasteiger charge is 2.27. The van der Waals surface area contributed by atoms with Crippen LogP contribution in [-0.2, 0) is 17.6 Å². The Bertz CT molecular complexity index is 846. The molecule has 5 nitrogen and oxygen atoms in total. The summed E-state index contributed by atoms with van der Waals surface area (Å²) in [4.78, 5) is 26.7. The molecule has 1 unspecified atom stereocenters. The van der Waals surface area contributed by atoms with Crippen LogP contribution in [0, 0.1) is 5.92 Å². The molecule has 150 valence electrons. The van der Waals surface area contributed by atoms with Gasteiger partial charge in [0.15, 0.2) is 0 Å². The number of ether oxygens (including phenoxy) is 1. The maximum atomic E-state index is 12.4. The van der Waals surface area contributed by atoms with Crippen molar-refractivity contribution in [3.05, 3.63) is 40.3 Å². The van der Waals surface area contributed by atoms with Crippen molar-refractivity contribution in [2.24, 2.45) is 11.7 Å². The highest BCUT2D eigenvalue weighted by Crippen LogP contribution is 2.39. The van der Waals surface area contributed by atoms with Crippen LogP contribution in [0.5, 0.6) is 5.75 Å². The van der Waals surface area contributed by atoms with Gasteiger partial charge in [-0.1, -0.05) is 6.92 Å². The van der Waals surface area contributed by atoms with Gasteiger partial charge in [0.2, 0.25) is 5.91 Å². The number of methoxy groups -OCH3 is 1. The Hall–Kier alpha value is -1.99. The van der Waals surface area contributed by atoms with Gasteiger partial charge in [-0.25, -0.2) is 0 Å². The summed E-state index contributed by atoms with van der Waals surface area (Å²) in [5.41, 5.74) is 7.17. The normalized spacial score (nSPS) is 15.7. The Kier molecular flexibility index (Phi) is 7.02. The zero-order valence-corrected chi connectivity index (χ0v) is 17.9. The van der Waals surface area contributed by atoms with Crippen molar-refractivity contribution >= 4 is 39.9 Å². The molecule has 1 aromatic carbocycles. The Labute approximate surface area is 174 Å². The number of carbonyl (C=O) groups is 2. The van der Waals surface area contributed by atoms with Gasteiger partial charge in [0.1, 0.15) is 10.8 Å². The molecular weight excluding hydrogens is 392 g/mol. The van der Waals surface area contributed by atoms with Gasteiger partial charge in [-0.2, -0.15) is 0 Å². The Balaban J connectivity index is 1.52. The monoisotopic (exact) mass is 418 g/mol. The van der Waals surface area contributed by atoms with E-state index in [0.29, 0.717) is 22.9 Å². The summed E-state index contributed by atoms with van der Waals surface area (Å²) >= 11 is 3.22. The van der Waals surface area contributed by atoms with Crippen LogP contribution in [-0.4, -0.2) is 24.7 Å². The van der Waals surface area contributed by atoms with Crippen molar-refractivity contribution in [1.82, 2.24) is 0 Å². The second-order valence-electron chi connectivity index (χ2n) is 7.10. The van der Waals surface area contributed by atoms with Gasteiger partial charge in [-0.15, -0.1) is 23.1 Å². The number of fused-ring (bicyclic) bond motifs is 1. The van der Waals surface area contributed by atoms with Gasteiger partial charge >= 0.3 is 0 Å². The summed E-state index contributed by atoms with van der Waals surface area (Å²) in [7, 11) is 1.65. The van der Waals surface area contributed by atoms with E-state index in [1.165, 1.54) is 16.2 Å². The van der Waals surface area contributed by atoms with Crippen LogP contribution in [0.1, 0.15) is 47.0 Å². The van der Waals surface area contributed by atoms with Crippen molar-refractivity contribution in [1.29, 1.82) is 0 Å². The maximum absolute atomic E-state index is 12.4. The van der Waals surface area contributed by atoms with E-state index in [2.05, 4.69) is 12.2 Å². The molecule has 0 aliphatic heterocycles. The van der Waals surface area contributed by atoms with Gasteiger partial charge < -0.3 is 15.8 Å². The van der Waals surface area contributed by atoms with Gasteiger partial charge in [-0.3, -0.25) is 9.59 Å². The number of carbonyl (C=O) groups excluding carboxylic acids is 2. The molecule has 28 heavy (non-hydrogen) atoms. The van der Waals surface area contributed by atoms with Crippen LogP contribution in [0.2, 0.25) is 0 Å². The molecule has 0 bridgehead atoms. The number of thioether (sulfide) groups is 1. The van der Waals surface area contributed by atoms with E-state index in [0.717, 1.165) is 47.6 Å². The number of primary amides is 1. The lowest BCUT2D eigenvalue weighted by Crippen LogP contribution is -2.19. The molecule has 2 aromatic rings. The molecule has 0 fully saturated rings. The van der Waals surface area contributed by atoms with Crippen LogP contribution in [0.3, 0.4) is 0 Å². The Morgan fingerprint density at radius 3 is 2.75 bits per heavy atom. The predicted molar refractivity (Wildman–Crippen MR) is 116 cm³/mol. The number of anilines is 1. The molecule has 2 amide bonds. The number of hydrogen-bond acceptors (Lipinski definition) is 5. The lowest BCUT2D eigenvalue weighted by molar-refractivity contribution is -0.116. The number of hydrogen-bond donors (Lipinski definition) is 2. The number of nitrogens with one attached hydrogen (secondary N) is 1. The predicted octanol–water partition coefficient (Wildman–Crippen LogP) is 4.49. The first-order valence-electron chi connectivity index (χ1n) is 9.49. The Morgan fingerprint density at radius 1 is 1.32 bits per heavy atom. The molecule has 7 heteroatoms. The van der Waals surface area contributed by atoms with Gasteiger partial charge in [0.05, 0.1) is 12.7 Å². The zero-order valence-electron chi connectivity index (χ0n) is 16.2. The van der Waals surface area contributed by atoms with Crippen molar-refractivity contribution in [2.45, 2.75) is 43.9 Å². The first-order chi connectivity index (χ1) is 13.5. The summed E-state index contributed by atoms with van der Waals surface area (Å²) in [5.74, 6) is 1.77. The lowest BCUT2D eigenvalue weighted by atomic mass is 9.88. The first-order valence-corrected chi connectivity index (χ1v) is 11.3. The van der Waals surface area contributed by atoms with E-state index >= 15 is 0 Å². The van der Waals surface area contributed by atoms with Crippen molar-refractivity contribution < 1.29 is 14.3 Å². The summed E-state index contributed by atoms with van der Waals surface area (Å²) in [6.45, 7) is 2.21. The van der Waals surface area contributed by atoms with Crippen molar-refractivity contribution in [3.8, 4) is 5.75 Å². The minimum atomic E-state index is -0.447. The van der Waals surface area contributed by atoms with E-state index in [-0.39, 0.29) is 5.91 Å². The second-order valence-corrected chi connectivity index (χ2v) is 9.37. The number of thiophene rings is 1. The standard InChI is InChI=1S/C21H26N2O3S2/c1-13-5-10-16-17(12-13)28-21(19(16)20(22)25)23-18(24)4-3-11-27-15-8-6-14(26-2)7-9-15/h6-9,13H,3-5,10-12H2,1-2H3,(H2,22,25)(H,23,24). The highest BCUT2D eigenvalue weighted by atomic mass is 32.2. The molecule has 1 atom stereocenters. The fraction of sp³-hybridized carbons (Fsp3) is 0.429. The number of nitrogens with two attached hydrogens (primary N) is 1. The summed E-state index contributed by atoms with van der Waals surface area (Å²) < 4.78 is 5.15. The molecule has 3 N–H and O–H groups in total. The zero-order chi connectivity index (χ0) is 20.1. The largest absolute Gasteiger partial charge is 0.497 e. The van der Waals surface area contributed by atoms with E-state index in [4.69, 9.17) is 10.5 Å². The van der Waals surface area contributed by atoms with Gasteiger partial charge in [0.25, 0.3) is 5.91 Å². The highest BCUT2D eigenvalue weighted by molar-refractivity contribution is 7.99. The molecule has 1 heterocycles. The van der Waals surface area contributed by atoms with Crippen molar-refractivity contribution in [2.75, 3.05) is 18.2 Å². The van der Waals surface area contributed by atoms with Crippen LogP contribution < -0.4 is 15.8 Å². The average molecular weight is 419 g/mol. The molecule has 0 saturated heterocycles. The Morgan fingerprint density at radius 2 is 2.07 bits per heavy atom. The topological polar surface area (TPSA) is 81.4 Å². The number of amides is 2. The molecule has 0 spiro atoms. The number of rotatable bonds is 8. The van der Waals surface area contributed by atoms with Crippen LogP contribution in [0.15, 0.2) is 29.2 Å². The second kappa shape index (κ2) is 9.47. The van der Waals surface area contributed by atoms with Crippen molar-refractivity contribution in [3.63, 3.8) is 0 Å². The average Bonchev–Trinajstić information content (AvgIpc) is 3.02.